The van der Waals surface area contributed by atoms with Crippen molar-refractivity contribution in [2.75, 3.05) is 26.0 Å². The highest BCUT2D eigenvalue weighted by atomic mass is 32.2. The number of carbonyl (C=O) groups is 1. The molecule has 7 heteroatoms. The fourth-order valence-corrected chi connectivity index (χ4v) is 4.65. The van der Waals surface area contributed by atoms with Crippen LogP contribution in [0.3, 0.4) is 0 Å². The zero-order chi connectivity index (χ0) is 21.5. The summed E-state index contributed by atoms with van der Waals surface area (Å²) in [7, 11) is 1.65. The van der Waals surface area contributed by atoms with Crippen LogP contribution in [0.4, 0.5) is 0 Å². The van der Waals surface area contributed by atoms with Gasteiger partial charge in [0.15, 0.2) is 0 Å². The van der Waals surface area contributed by atoms with E-state index in [2.05, 4.69) is 18.7 Å². The van der Waals surface area contributed by atoms with Gasteiger partial charge in [-0.25, -0.2) is 5.01 Å². The molecule has 0 bridgehead atoms. The quantitative estimate of drug-likeness (QED) is 0.581. The van der Waals surface area contributed by atoms with Crippen LogP contribution in [0.15, 0.2) is 59.7 Å². The van der Waals surface area contributed by atoms with Crippen molar-refractivity contribution in [3.8, 4) is 5.75 Å². The molecule has 1 amide bonds. The van der Waals surface area contributed by atoms with Crippen molar-refractivity contribution in [2.24, 2.45) is 5.10 Å². The van der Waals surface area contributed by atoms with Crippen molar-refractivity contribution in [3.05, 3.63) is 65.7 Å². The van der Waals surface area contributed by atoms with E-state index in [0.29, 0.717) is 6.42 Å². The molecule has 1 heterocycles. The number of methoxy groups -OCH3 is 1. The lowest BCUT2D eigenvalue weighted by Crippen LogP contribution is -2.31. The minimum absolute atomic E-state index is 0.0405. The predicted octanol–water partition coefficient (Wildman–Crippen LogP) is 4.73. The Morgan fingerprint density at radius 1 is 1.17 bits per heavy atom. The number of hydrogen-bond donors (Lipinski definition) is 0. The molecular formula is C23H27N3O2S2. The Hall–Kier alpha value is -2.38. The number of amides is 1. The molecule has 0 saturated heterocycles. The molecule has 30 heavy (non-hydrogen) atoms. The van der Waals surface area contributed by atoms with Gasteiger partial charge in [-0.05, 0) is 37.1 Å². The van der Waals surface area contributed by atoms with E-state index < -0.39 is 0 Å². The van der Waals surface area contributed by atoms with Gasteiger partial charge in [-0.15, -0.1) is 0 Å². The lowest BCUT2D eigenvalue weighted by atomic mass is 9.98. The van der Waals surface area contributed by atoms with Gasteiger partial charge in [-0.2, -0.15) is 5.10 Å². The summed E-state index contributed by atoms with van der Waals surface area (Å²) < 4.78 is 6.02. The number of hydrazone groups is 1. The smallest absolute Gasteiger partial charge is 0.253 e. The number of nitrogens with zero attached hydrogens (tertiary/aromatic N) is 3. The molecule has 158 valence electrons. The second-order valence-electron chi connectivity index (χ2n) is 6.87. The van der Waals surface area contributed by atoms with Gasteiger partial charge >= 0.3 is 0 Å². The van der Waals surface area contributed by atoms with Crippen molar-refractivity contribution in [1.29, 1.82) is 0 Å². The molecule has 0 spiro atoms. The van der Waals surface area contributed by atoms with E-state index in [9.17, 15) is 4.79 Å². The van der Waals surface area contributed by atoms with Crippen LogP contribution in [0.2, 0.25) is 0 Å². The Morgan fingerprint density at radius 3 is 2.43 bits per heavy atom. The standard InChI is InChI=1S/C23H27N3O2S2/c1-4-25(5-2)23(29)30-16-22(27)26-21(18-11-13-19(28-3)14-12-18)15-20(24-26)17-9-7-6-8-10-17/h6-14,21H,4-5,15-16H2,1-3H3/t21-/m0/s1. The average molecular weight is 442 g/mol. The van der Waals surface area contributed by atoms with Crippen LogP contribution in [0.25, 0.3) is 0 Å². The summed E-state index contributed by atoms with van der Waals surface area (Å²) >= 11 is 6.89. The highest BCUT2D eigenvalue weighted by Crippen LogP contribution is 2.34. The maximum atomic E-state index is 13.1. The Balaban J connectivity index is 1.80. The first-order chi connectivity index (χ1) is 14.6. The van der Waals surface area contributed by atoms with E-state index in [-0.39, 0.29) is 17.7 Å². The zero-order valence-electron chi connectivity index (χ0n) is 17.6. The third-order valence-corrected chi connectivity index (χ3v) is 6.62. The van der Waals surface area contributed by atoms with Crippen LogP contribution in [0.5, 0.6) is 5.75 Å². The fraction of sp³-hybridized carbons (Fsp3) is 0.348. The van der Waals surface area contributed by atoms with Crippen LogP contribution in [0, 0.1) is 0 Å². The van der Waals surface area contributed by atoms with E-state index in [1.54, 1.807) is 12.1 Å². The van der Waals surface area contributed by atoms with Gasteiger partial charge in [0, 0.05) is 19.5 Å². The van der Waals surface area contributed by atoms with Crippen molar-refractivity contribution in [1.82, 2.24) is 9.91 Å². The van der Waals surface area contributed by atoms with Crippen molar-refractivity contribution in [2.45, 2.75) is 26.3 Å². The third-order valence-electron chi connectivity index (χ3n) is 5.11. The second-order valence-corrected chi connectivity index (χ2v) is 8.48. The summed E-state index contributed by atoms with van der Waals surface area (Å²) in [6.45, 7) is 5.81. The summed E-state index contributed by atoms with van der Waals surface area (Å²) in [6, 6.07) is 17.7. The van der Waals surface area contributed by atoms with E-state index >= 15 is 0 Å². The molecule has 2 aromatic rings. The van der Waals surface area contributed by atoms with Crippen LogP contribution < -0.4 is 4.74 Å². The summed E-state index contributed by atoms with van der Waals surface area (Å²) in [5, 5.41) is 6.35. The molecular weight excluding hydrogens is 414 g/mol. The van der Waals surface area contributed by atoms with Gasteiger partial charge in [0.2, 0.25) is 0 Å². The Morgan fingerprint density at radius 2 is 1.83 bits per heavy atom. The van der Waals surface area contributed by atoms with Crippen molar-refractivity contribution >= 4 is 39.9 Å². The second kappa shape index (κ2) is 10.6. The number of thioether (sulfide) groups is 1. The number of rotatable bonds is 7. The van der Waals surface area contributed by atoms with Gasteiger partial charge in [0.1, 0.15) is 10.1 Å². The summed E-state index contributed by atoms with van der Waals surface area (Å²) in [6.07, 6.45) is 0.674. The summed E-state index contributed by atoms with van der Waals surface area (Å²) in [5.41, 5.74) is 2.99. The topological polar surface area (TPSA) is 45.1 Å². The normalized spacial score (nSPS) is 15.6. The Bertz CT molecular complexity index is 896. The molecule has 0 fully saturated rings. The van der Waals surface area contributed by atoms with E-state index in [1.807, 2.05) is 54.6 Å². The molecule has 0 unspecified atom stereocenters. The maximum absolute atomic E-state index is 13.1. The number of ether oxygens (including phenoxy) is 1. The van der Waals surface area contributed by atoms with Crippen LogP contribution in [0.1, 0.15) is 37.4 Å². The Labute approximate surface area is 188 Å². The van der Waals surface area contributed by atoms with E-state index in [4.69, 9.17) is 22.1 Å². The molecule has 0 radical (unpaired) electrons. The average Bonchev–Trinajstić information content (AvgIpc) is 3.24. The molecule has 1 aliphatic heterocycles. The Kier molecular flexibility index (Phi) is 7.87. The van der Waals surface area contributed by atoms with Gasteiger partial charge in [-0.3, -0.25) is 4.79 Å². The minimum atomic E-state index is -0.138. The van der Waals surface area contributed by atoms with Gasteiger partial charge in [-0.1, -0.05) is 66.4 Å². The number of carbonyl (C=O) groups excluding carboxylic acids is 1. The third kappa shape index (κ3) is 5.21. The van der Waals surface area contributed by atoms with Gasteiger partial charge in [0.25, 0.3) is 5.91 Å². The largest absolute Gasteiger partial charge is 0.497 e. The molecule has 5 nitrogen and oxygen atoms in total. The van der Waals surface area contributed by atoms with Crippen LogP contribution in [-0.2, 0) is 4.79 Å². The number of thiocarbonyl (C=S) groups is 1. The molecule has 2 aromatic carbocycles. The van der Waals surface area contributed by atoms with Crippen molar-refractivity contribution in [3.63, 3.8) is 0 Å². The van der Waals surface area contributed by atoms with Crippen molar-refractivity contribution < 1.29 is 9.53 Å². The molecule has 0 N–H and O–H groups in total. The van der Waals surface area contributed by atoms with E-state index in [1.165, 1.54) is 11.8 Å². The first-order valence-electron chi connectivity index (χ1n) is 10.1. The molecule has 0 aliphatic carbocycles. The number of benzene rings is 2. The summed E-state index contributed by atoms with van der Waals surface area (Å²) in [5.74, 6) is 1.02. The molecule has 3 rings (SSSR count). The SMILES string of the molecule is CCN(CC)C(=S)SCC(=O)N1N=C(c2ccccc2)C[C@H]1c1ccc(OC)cc1. The molecule has 1 atom stereocenters. The van der Waals surface area contributed by atoms with Gasteiger partial charge in [0.05, 0.1) is 24.6 Å². The van der Waals surface area contributed by atoms with Crippen LogP contribution in [-0.4, -0.2) is 51.8 Å². The zero-order valence-corrected chi connectivity index (χ0v) is 19.2. The first-order valence-corrected chi connectivity index (χ1v) is 11.5. The maximum Gasteiger partial charge on any atom is 0.253 e. The molecule has 0 aromatic heterocycles. The van der Waals surface area contributed by atoms with E-state index in [0.717, 1.165) is 40.0 Å². The summed E-state index contributed by atoms with van der Waals surface area (Å²) in [4.78, 5) is 15.2. The van der Waals surface area contributed by atoms with Gasteiger partial charge < -0.3 is 9.64 Å². The highest BCUT2D eigenvalue weighted by molar-refractivity contribution is 8.23. The molecule has 1 aliphatic rings. The first kappa shape index (κ1) is 22.3. The van der Waals surface area contributed by atoms with Crippen LogP contribution >= 0.6 is 24.0 Å². The molecule has 0 saturated carbocycles. The highest BCUT2D eigenvalue weighted by Gasteiger charge is 2.33. The monoisotopic (exact) mass is 441 g/mol. The fourth-order valence-electron chi connectivity index (χ4n) is 3.39. The minimum Gasteiger partial charge on any atom is -0.497 e. The predicted molar refractivity (Wildman–Crippen MR) is 128 cm³/mol. The number of hydrogen-bond acceptors (Lipinski definition) is 5. The lowest BCUT2D eigenvalue weighted by Gasteiger charge is -2.24. The lowest BCUT2D eigenvalue weighted by molar-refractivity contribution is -0.130.